The summed E-state index contributed by atoms with van der Waals surface area (Å²) >= 11 is 2.10. The van der Waals surface area contributed by atoms with E-state index in [0.29, 0.717) is 0 Å². The van der Waals surface area contributed by atoms with Crippen molar-refractivity contribution in [3.63, 3.8) is 0 Å². The minimum Gasteiger partial charge on any atom is -0.312 e. The first-order valence-corrected chi connectivity index (χ1v) is 6.53. The molecule has 1 aliphatic carbocycles. The summed E-state index contributed by atoms with van der Waals surface area (Å²) < 4.78 is 0. The van der Waals surface area contributed by atoms with E-state index in [9.17, 15) is 0 Å². The average molecular weight is 200 g/mol. The van der Waals surface area contributed by atoms with Gasteiger partial charge in [0.2, 0.25) is 0 Å². The van der Waals surface area contributed by atoms with Crippen LogP contribution in [0.4, 0.5) is 0 Å². The van der Waals surface area contributed by atoms with E-state index in [1.807, 2.05) is 0 Å². The van der Waals surface area contributed by atoms with Crippen molar-refractivity contribution >= 4 is 11.8 Å². The first-order chi connectivity index (χ1) is 6.36. The van der Waals surface area contributed by atoms with E-state index in [-0.39, 0.29) is 0 Å². The van der Waals surface area contributed by atoms with Gasteiger partial charge in [-0.05, 0) is 32.9 Å². The third kappa shape index (κ3) is 3.15. The van der Waals surface area contributed by atoms with E-state index in [4.69, 9.17) is 0 Å². The van der Waals surface area contributed by atoms with Crippen LogP contribution in [0.5, 0.6) is 0 Å². The molecule has 2 fully saturated rings. The van der Waals surface area contributed by atoms with Crippen LogP contribution in [-0.4, -0.2) is 48.6 Å². The topological polar surface area (TPSA) is 15.3 Å². The Bertz CT molecular complexity index is 153. The predicted octanol–water partition coefficient (Wildman–Crippen LogP) is 1.18. The molecule has 1 saturated heterocycles. The number of nitrogens with zero attached hydrogens (tertiary/aromatic N) is 1. The molecule has 0 amide bonds. The molecule has 2 aliphatic rings. The normalized spacial score (nSPS) is 29.5. The van der Waals surface area contributed by atoms with Crippen molar-refractivity contribution in [2.45, 2.75) is 31.3 Å². The smallest absolute Gasteiger partial charge is 0.0170 e. The van der Waals surface area contributed by atoms with Crippen LogP contribution in [0.2, 0.25) is 0 Å². The van der Waals surface area contributed by atoms with Crippen molar-refractivity contribution in [3.8, 4) is 0 Å². The third-order valence-electron chi connectivity index (χ3n) is 3.00. The summed E-state index contributed by atoms with van der Waals surface area (Å²) in [4.78, 5) is 2.53. The number of rotatable bonds is 4. The Kier molecular flexibility index (Phi) is 3.52. The van der Waals surface area contributed by atoms with Gasteiger partial charge in [0.25, 0.3) is 0 Å². The van der Waals surface area contributed by atoms with Gasteiger partial charge >= 0.3 is 0 Å². The summed E-state index contributed by atoms with van der Waals surface area (Å²) in [6, 6.07) is 1.70. The van der Waals surface area contributed by atoms with Gasteiger partial charge < -0.3 is 10.2 Å². The van der Waals surface area contributed by atoms with Gasteiger partial charge in [0.15, 0.2) is 0 Å². The van der Waals surface area contributed by atoms with E-state index in [1.54, 1.807) is 0 Å². The molecule has 1 heterocycles. The maximum absolute atomic E-state index is 3.59. The second-order valence-electron chi connectivity index (χ2n) is 4.23. The number of hydrogen-bond acceptors (Lipinski definition) is 3. The molecule has 0 bridgehead atoms. The minimum absolute atomic E-state index is 0.778. The van der Waals surface area contributed by atoms with Gasteiger partial charge in [0.05, 0.1) is 0 Å². The van der Waals surface area contributed by atoms with Crippen molar-refractivity contribution < 1.29 is 0 Å². The maximum Gasteiger partial charge on any atom is 0.0170 e. The maximum atomic E-state index is 3.59. The van der Waals surface area contributed by atoms with Crippen molar-refractivity contribution in [2.24, 2.45) is 0 Å². The molecule has 1 N–H and O–H groups in total. The lowest BCUT2D eigenvalue weighted by Crippen LogP contribution is -2.39. The lowest BCUT2D eigenvalue weighted by Gasteiger charge is -2.25. The molecule has 2 rings (SSSR count). The predicted molar refractivity (Wildman–Crippen MR) is 59.4 cm³/mol. The second kappa shape index (κ2) is 4.67. The Balaban J connectivity index is 1.60. The van der Waals surface area contributed by atoms with Crippen LogP contribution in [0.25, 0.3) is 0 Å². The molecule has 1 saturated carbocycles. The zero-order valence-corrected chi connectivity index (χ0v) is 9.28. The fourth-order valence-electron chi connectivity index (χ4n) is 1.86. The molecule has 1 aliphatic heterocycles. The van der Waals surface area contributed by atoms with Gasteiger partial charge in [-0.3, -0.25) is 0 Å². The summed E-state index contributed by atoms with van der Waals surface area (Å²) in [6.45, 7) is 2.49. The highest BCUT2D eigenvalue weighted by Gasteiger charge is 2.26. The summed E-state index contributed by atoms with van der Waals surface area (Å²) in [5, 5.41) is 3.59. The molecule has 2 nitrogen and oxygen atoms in total. The van der Waals surface area contributed by atoms with Gasteiger partial charge in [0.1, 0.15) is 0 Å². The molecular formula is C10H20N2S. The van der Waals surface area contributed by atoms with E-state index in [2.05, 4.69) is 29.0 Å². The Morgan fingerprint density at radius 1 is 1.46 bits per heavy atom. The second-order valence-corrected chi connectivity index (χ2v) is 5.38. The van der Waals surface area contributed by atoms with E-state index >= 15 is 0 Å². The molecule has 0 aromatic carbocycles. The highest BCUT2D eigenvalue weighted by atomic mass is 32.2. The molecule has 1 atom stereocenters. The van der Waals surface area contributed by atoms with Crippen LogP contribution < -0.4 is 5.32 Å². The molecule has 76 valence electrons. The largest absolute Gasteiger partial charge is 0.312 e. The van der Waals surface area contributed by atoms with Gasteiger partial charge in [-0.2, -0.15) is 11.8 Å². The Hall–Kier alpha value is 0.270. The lowest BCUT2D eigenvalue weighted by molar-refractivity contribution is 0.303. The van der Waals surface area contributed by atoms with Gasteiger partial charge in [-0.25, -0.2) is 0 Å². The van der Waals surface area contributed by atoms with Gasteiger partial charge in [0, 0.05) is 30.1 Å². The van der Waals surface area contributed by atoms with Crippen LogP contribution in [-0.2, 0) is 0 Å². The van der Waals surface area contributed by atoms with Crippen molar-refractivity contribution in [1.29, 1.82) is 0 Å². The van der Waals surface area contributed by atoms with Gasteiger partial charge in [-0.15, -0.1) is 0 Å². The Morgan fingerprint density at radius 2 is 2.31 bits per heavy atom. The monoisotopic (exact) mass is 200 g/mol. The van der Waals surface area contributed by atoms with Gasteiger partial charge in [-0.1, -0.05) is 0 Å². The van der Waals surface area contributed by atoms with Crippen LogP contribution in [0, 0.1) is 0 Å². The fourth-order valence-corrected chi connectivity index (χ4v) is 2.86. The third-order valence-corrected chi connectivity index (χ3v) is 4.13. The van der Waals surface area contributed by atoms with Crippen LogP contribution >= 0.6 is 11.8 Å². The molecule has 0 aromatic rings. The van der Waals surface area contributed by atoms with Crippen LogP contribution in [0.15, 0.2) is 0 Å². The molecule has 1 unspecified atom stereocenters. The summed E-state index contributed by atoms with van der Waals surface area (Å²) in [6.07, 6.45) is 4.20. The quantitative estimate of drug-likeness (QED) is 0.733. The van der Waals surface area contributed by atoms with Crippen molar-refractivity contribution in [2.75, 3.05) is 31.6 Å². The Morgan fingerprint density at radius 3 is 2.92 bits per heavy atom. The molecule has 13 heavy (non-hydrogen) atoms. The van der Waals surface area contributed by atoms with Crippen molar-refractivity contribution in [3.05, 3.63) is 0 Å². The van der Waals surface area contributed by atoms with Crippen molar-refractivity contribution in [1.82, 2.24) is 10.2 Å². The highest BCUT2D eigenvalue weighted by Crippen LogP contribution is 2.25. The number of thioether (sulfide) groups is 1. The minimum atomic E-state index is 0.778. The zero-order chi connectivity index (χ0) is 9.10. The summed E-state index contributed by atoms with van der Waals surface area (Å²) in [5.74, 6) is 2.62. The molecule has 0 spiro atoms. The zero-order valence-electron chi connectivity index (χ0n) is 8.46. The first-order valence-electron chi connectivity index (χ1n) is 5.37. The summed E-state index contributed by atoms with van der Waals surface area (Å²) in [5.41, 5.74) is 0. The van der Waals surface area contributed by atoms with Crippen LogP contribution in [0.3, 0.4) is 0 Å². The molecule has 3 heteroatoms. The standard InChI is InChI=1S/C10H20N2S/c1-12(10-2-3-10)6-4-9-8-13-7-5-11-9/h9-11H,2-8H2,1H3. The average Bonchev–Trinajstić information content (AvgIpc) is 2.99. The molecular weight excluding hydrogens is 180 g/mol. The number of nitrogens with one attached hydrogen (secondary N) is 1. The van der Waals surface area contributed by atoms with E-state index in [1.165, 1.54) is 43.9 Å². The Labute approximate surface area is 85.4 Å². The molecule has 0 aromatic heterocycles. The highest BCUT2D eigenvalue weighted by molar-refractivity contribution is 7.99. The van der Waals surface area contributed by atoms with Crippen LogP contribution in [0.1, 0.15) is 19.3 Å². The van der Waals surface area contributed by atoms with E-state index in [0.717, 1.165) is 12.1 Å². The van der Waals surface area contributed by atoms with E-state index < -0.39 is 0 Å². The molecule has 0 radical (unpaired) electrons. The number of hydrogen-bond donors (Lipinski definition) is 1. The first kappa shape index (κ1) is 9.81. The lowest BCUT2D eigenvalue weighted by atomic mass is 10.2. The fraction of sp³-hybridized carbons (Fsp3) is 1.00. The SMILES string of the molecule is CN(CCC1CSCCN1)C1CC1. The summed E-state index contributed by atoms with van der Waals surface area (Å²) in [7, 11) is 2.27.